The molecule has 0 bridgehead atoms. The molecule has 0 aliphatic rings. The van der Waals surface area contributed by atoms with Crippen LogP contribution in [-0.4, -0.2) is 20.0 Å². The molecule has 0 fully saturated rings. The van der Waals surface area contributed by atoms with Crippen molar-refractivity contribution in [2.24, 2.45) is 0 Å². The van der Waals surface area contributed by atoms with Gasteiger partial charge in [0.05, 0.1) is 19.8 Å². The molecule has 0 unspecified atom stereocenters. The molecule has 0 radical (unpaired) electrons. The Hall–Kier alpha value is -3.24. The van der Waals surface area contributed by atoms with E-state index in [0.717, 1.165) is 22.4 Å². The number of halogens is 1. The van der Waals surface area contributed by atoms with Gasteiger partial charge in [-0.3, -0.25) is 4.79 Å². The quantitative estimate of drug-likeness (QED) is 0.323. The highest BCUT2D eigenvalue weighted by molar-refractivity contribution is 6.31. The van der Waals surface area contributed by atoms with E-state index < -0.39 is 0 Å². The highest BCUT2D eigenvalue weighted by Gasteiger charge is 2.09. The van der Waals surface area contributed by atoms with Crippen LogP contribution in [0.1, 0.15) is 27.0 Å². The number of carbonyl (C=O) groups is 1. The molecule has 0 saturated heterocycles. The fourth-order valence-electron chi connectivity index (χ4n) is 2.99. The summed E-state index contributed by atoms with van der Waals surface area (Å²) < 4.78 is 16.6. The first-order chi connectivity index (χ1) is 14.5. The molecule has 3 aromatic carbocycles. The first kappa shape index (κ1) is 21.5. The summed E-state index contributed by atoms with van der Waals surface area (Å²) in [5, 5.41) is 0.701. The van der Waals surface area contributed by atoms with Gasteiger partial charge in [0.1, 0.15) is 23.9 Å². The number of hydrogen-bond donors (Lipinski definition) is 0. The van der Waals surface area contributed by atoms with E-state index in [-0.39, 0.29) is 5.78 Å². The van der Waals surface area contributed by atoms with E-state index in [9.17, 15) is 4.79 Å². The van der Waals surface area contributed by atoms with Crippen molar-refractivity contribution in [1.29, 1.82) is 0 Å². The van der Waals surface area contributed by atoms with E-state index >= 15 is 0 Å². The van der Waals surface area contributed by atoms with Crippen molar-refractivity contribution in [3.8, 4) is 17.2 Å². The molecule has 0 amide bonds. The second-order valence-electron chi connectivity index (χ2n) is 6.67. The Labute approximate surface area is 181 Å². The Bertz CT molecular complexity index is 1070. The molecule has 0 aliphatic carbocycles. The third-order valence-corrected chi connectivity index (χ3v) is 5.05. The topological polar surface area (TPSA) is 44.8 Å². The van der Waals surface area contributed by atoms with Crippen molar-refractivity contribution < 1.29 is 19.0 Å². The zero-order chi connectivity index (χ0) is 21.5. The van der Waals surface area contributed by atoms with Gasteiger partial charge in [-0.05, 0) is 66.6 Å². The number of methoxy groups -OCH3 is 2. The summed E-state index contributed by atoms with van der Waals surface area (Å²) in [5.41, 5.74) is 3.21. The number of benzene rings is 3. The lowest BCUT2D eigenvalue weighted by molar-refractivity contribution is 0.104. The summed E-state index contributed by atoms with van der Waals surface area (Å²) in [6.07, 6.45) is 3.30. The van der Waals surface area contributed by atoms with Crippen molar-refractivity contribution in [2.45, 2.75) is 13.5 Å². The Morgan fingerprint density at radius 3 is 2.47 bits per heavy atom. The van der Waals surface area contributed by atoms with Crippen LogP contribution in [0.15, 0.2) is 66.7 Å². The summed E-state index contributed by atoms with van der Waals surface area (Å²) in [5.74, 6) is 1.87. The number of para-hydroxylation sites is 1. The molecule has 3 aromatic rings. The molecule has 154 valence electrons. The Balaban J connectivity index is 1.77. The van der Waals surface area contributed by atoms with Crippen molar-refractivity contribution in [2.75, 3.05) is 14.2 Å². The first-order valence-corrected chi connectivity index (χ1v) is 9.81. The fourth-order valence-corrected chi connectivity index (χ4v) is 3.11. The fraction of sp³-hybridized carbons (Fsp3) is 0.160. The molecule has 0 heterocycles. The van der Waals surface area contributed by atoms with Gasteiger partial charge in [-0.25, -0.2) is 0 Å². The SMILES string of the molecule is COc1ccc(/C=C/C(=O)c2ccccc2OC)cc1COc1ccc(Cl)c(C)c1. The van der Waals surface area contributed by atoms with E-state index in [2.05, 4.69) is 0 Å². The van der Waals surface area contributed by atoms with Crippen LogP contribution in [0.4, 0.5) is 0 Å². The van der Waals surface area contributed by atoms with Crippen LogP contribution >= 0.6 is 11.6 Å². The number of ketones is 1. The Morgan fingerprint density at radius 2 is 1.73 bits per heavy atom. The van der Waals surface area contributed by atoms with Crippen LogP contribution in [0.5, 0.6) is 17.2 Å². The number of aryl methyl sites for hydroxylation is 1. The Morgan fingerprint density at radius 1 is 0.967 bits per heavy atom. The van der Waals surface area contributed by atoms with E-state index in [0.29, 0.717) is 28.7 Å². The normalized spacial score (nSPS) is 10.8. The number of allylic oxidation sites excluding steroid dienone is 1. The van der Waals surface area contributed by atoms with Crippen molar-refractivity contribution in [3.05, 3.63) is 94.0 Å². The summed E-state index contributed by atoms with van der Waals surface area (Å²) in [7, 11) is 3.17. The van der Waals surface area contributed by atoms with Gasteiger partial charge in [0.25, 0.3) is 0 Å². The average molecular weight is 423 g/mol. The molecule has 3 rings (SSSR count). The molecule has 0 aromatic heterocycles. The average Bonchev–Trinajstić information content (AvgIpc) is 2.78. The van der Waals surface area contributed by atoms with Gasteiger partial charge in [0.15, 0.2) is 5.78 Å². The lowest BCUT2D eigenvalue weighted by atomic mass is 10.1. The third kappa shape index (κ3) is 5.22. The van der Waals surface area contributed by atoms with E-state index in [1.807, 2.05) is 55.5 Å². The smallest absolute Gasteiger partial charge is 0.189 e. The maximum absolute atomic E-state index is 12.5. The van der Waals surface area contributed by atoms with Crippen LogP contribution in [-0.2, 0) is 6.61 Å². The maximum Gasteiger partial charge on any atom is 0.189 e. The van der Waals surface area contributed by atoms with Gasteiger partial charge in [0, 0.05) is 10.6 Å². The molecule has 0 atom stereocenters. The summed E-state index contributed by atoms with van der Waals surface area (Å²) in [6, 6.07) is 18.4. The van der Waals surface area contributed by atoms with Gasteiger partial charge < -0.3 is 14.2 Å². The second-order valence-corrected chi connectivity index (χ2v) is 7.08. The summed E-state index contributed by atoms with van der Waals surface area (Å²) in [6.45, 7) is 2.26. The van der Waals surface area contributed by atoms with Gasteiger partial charge in [-0.1, -0.05) is 35.9 Å². The number of ether oxygens (including phenoxy) is 3. The van der Waals surface area contributed by atoms with Crippen LogP contribution in [0.3, 0.4) is 0 Å². The number of carbonyl (C=O) groups excluding carboxylic acids is 1. The summed E-state index contributed by atoms with van der Waals surface area (Å²) >= 11 is 6.07. The second kappa shape index (κ2) is 9.99. The minimum absolute atomic E-state index is 0.127. The van der Waals surface area contributed by atoms with Crippen LogP contribution in [0.25, 0.3) is 6.08 Å². The highest BCUT2D eigenvalue weighted by Crippen LogP contribution is 2.26. The van der Waals surface area contributed by atoms with Gasteiger partial charge in [0.2, 0.25) is 0 Å². The molecule has 0 aliphatic heterocycles. The molecule has 0 spiro atoms. The lowest BCUT2D eigenvalue weighted by Crippen LogP contribution is -2.00. The zero-order valence-corrected chi connectivity index (χ0v) is 17.9. The third-order valence-electron chi connectivity index (χ3n) is 4.63. The first-order valence-electron chi connectivity index (χ1n) is 9.43. The monoisotopic (exact) mass is 422 g/mol. The van der Waals surface area contributed by atoms with Gasteiger partial charge in [-0.2, -0.15) is 0 Å². The standard InChI is InChI=1S/C25H23ClO4/c1-17-14-20(10-11-22(17)26)30-16-19-15-18(9-13-24(19)28-2)8-12-23(27)21-6-4-5-7-25(21)29-3/h4-15H,16H2,1-3H3/b12-8+. The van der Waals surface area contributed by atoms with Crippen LogP contribution in [0.2, 0.25) is 5.02 Å². The Kier molecular flexibility index (Phi) is 7.15. The number of rotatable bonds is 8. The molecular weight excluding hydrogens is 400 g/mol. The molecular formula is C25H23ClO4. The maximum atomic E-state index is 12.5. The van der Waals surface area contributed by atoms with Crippen LogP contribution in [0, 0.1) is 6.92 Å². The minimum atomic E-state index is -0.127. The number of hydrogen-bond acceptors (Lipinski definition) is 4. The van der Waals surface area contributed by atoms with E-state index in [1.165, 1.54) is 6.08 Å². The van der Waals surface area contributed by atoms with Crippen LogP contribution < -0.4 is 14.2 Å². The van der Waals surface area contributed by atoms with E-state index in [4.69, 9.17) is 25.8 Å². The zero-order valence-electron chi connectivity index (χ0n) is 17.1. The van der Waals surface area contributed by atoms with Gasteiger partial charge >= 0.3 is 0 Å². The van der Waals surface area contributed by atoms with Crippen molar-refractivity contribution in [1.82, 2.24) is 0 Å². The largest absolute Gasteiger partial charge is 0.496 e. The molecule has 0 saturated carbocycles. The molecule has 0 N–H and O–H groups in total. The predicted molar refractivity (Wildman–Crippen MR) is 120 cm³/mol. The minimum Gasteiger partial charge on any atom is -0.496 e. The van der Waals surface area contributed by atoms with Crippen molar-refractivity contribution in [3.63, 3.8) is 0 Å². The molecule has 30 heavy (non-hydrogen) atoms. The molecule has 5 heteroatoms. The highest BCUT2D eigenvalue weighted by atomic mass is 35.5. The van der Waals surface area contributed by atoms with Gasteiger partial charge in [-0.15, -0.1) is 0 Å². The molecule has 4 nitrogen and oxygen atoms in total. The van der Waals surface area contributed by atoms with Crippen molar-refractivity contribution >= 4 is 23.5 Å². The predicted octanol–water partition coefficient (Wildman–Crippen LogP) is 6.14. The van der Waals surface area contributed by atoms with E-state index in [1.54, 1.807) is 32.4 Å². The lowest BCUT2D eigenvalue weighted by Gasteiger charge is -2.12. The summed E-state index contributed by atoms with van der Waals surface area (Å²) in [4.78, 5) is 12.5.